The van der Waals surface area contributed by atoms with Crippen molar-refractivity contribution in [3.8, 4) is 11.3 Å². The van der Waals surface area contributed by atoms with Gasteiger partial charge in [0.2, 0.25) is 5.01 Å². The van der Waals surface area contributed by atoms with Crippen molar-refractivity contribution in [3.05, 3.63) is 76.2 Å². The van der Waals surface area contributed by atoms with E-state index < -0.39 is 0 Å². The molecule has 1 aliphatic rings. The Balaban J connectivity index is 1.25. The first-order chi connectivity index (χ1) is 15.7. The van der Waals surface area contributed by atoms with E-state index in [4.69, 9.17) is 4.74 Å². The lowest BCUT2D eigenvalue weighted by Crippen LogP contribution is -2.34. The van der Waals surface area contributed by atoms with Gasteiger partial charge in [-0.3, -0.25) is 0 Å². The second kappa shape index (κ2) is 9.27. The van der Waals surface area contributed by atoms with E-state index in [1.165, 1.54) is 47.8 Å². The van der Waals surface area contributed by atoms with Crippen LogP contribution < -0.4 is 0 Å². The summed E-state index contributed by atoms with van der Waals surface area (Å²) in [5.41, 5.74) is 4.64. The first-order valence-corrected chi connectivity index (χ1v) is 12.0. The van der Waals surface area contributed by atoms with Gasteiger partial charge in [-0.2, -0.15) is 0 Å². The number of hydrogen-bond donors (Lipinski definition) is 1. The number of nitrogens with one attached hydrogen (secondary N) is 1. The Kier molecular flexibility index (Phi) is 6.06. The van der Waals surface area contributed by atoms with E-state index in [1.54, 1.807) is 0 Å². The van der Waals surface area contributed by atoms with E-state index in [2.05, 4.69) is 45.3 Å². The van der Waals surface area contributed by atoms with E-state index in [9.17, 15) is 4.79 Å². The summed E-state index contributed by atoms with van der Waals surface area (Å²) in [6, 6.07) is 18.7. The molecule has 4 aromatic rings. The van der Waals surface area contributed by atoms with E-state index in [-0.39, 0.29) is 5.97 Å². The van der Waals surface area contributed by atoms with Crippen LogP contribution in [-0.4, -0.2) is 47.6 Å². The molecule has 0 atom stereocenters. The number of likely N-dealkylation sites (tertiary alicyclic amines) is 1. The van der Waals surface area contributed by atoms with Crippen LogP contribution in [0.3, 0.4) is 0 Å². The van der Waals surface area contributed by atoms with E-state index in [0.717, 1.165) is 42.2 Å². The average Bonchev–Trinajstić information content (AvgIpc) is 3.48. The molecule has 1 fully saturated rings. The van der Waals surface area contributed by atoms with Crippen LogP contribution >= 0.6 is 11.3 Å². The van der Waals surface area contributed by atoms with Gasteiger partial charge < -0.3 is 14.6 Å². The Labute approximate surface area is 192 Å². The predicted molar refractivity (Wildman–Crippen MR) is 129 cm³/mol. The summed E-state index contributed by atoms with van der Waals surface area (Å²) >= 11 is 1.46. The summed E-state index contributed by atoms with van der Waals surface area (Å²) in [7, 11) is 1.41. The molecule has 0 saturated carbocycles. The highest BCUT2D eigenvalue weighted by Crippen LogP contribution is 2.34. The molecular formula is C26H27N3O2S. The minimum Gasteiger partial charge on any atom is -0.464 e. The number of ether oxygens (including phenoxy) is 1. The fraction of sp³-hybridized carbons (Fsp3) is 0.308. The van der Waals surface area contributed by atoms with E-state index in [0.29, 0.717) is 10.9 Å². The van der Waals surface area contributed by atoms with Gasteiger partial charge in [0.1, 0.15) is 0 Å². The first kappa shape index (κ1) is 20.9. The zero-order chi connectivity index (χ0) is 21.9. The maximum Gasteiger partial charge on any atom is 0.367 e. The van der Waals surface area contributed by atoms with Crippen molar-refractivity contribution >= 4 is 28.2 Å². The van der Waals surface area contributed by atoms with Gasteiger partial charge in [-0.1, -0.05) is 48.5 Å². The number of esters is 1. The fourth-order valence-corrected chi connectivity index (χ4v) is 5.67. The zero-order valence-electron chi connectivity index (χ0n) is 18.2. The van der Waals surface area contributed by atoms with Crippen LogP contribution in [0.25, 0.3) is 22.2 Å². The second-order valence-corrected chi connectivity index (χ2v) is 9.39. The third kappa shape index (κ3) is 4.20. The Morgan fingerprint density at radius 3 is 2.66 bits per heavy atom. The molecule has 1 saturated heterocycles. The highest BCUT2D eigenvalue weighted by atomic mass is 32.1. The number of carbonyl (C=O) groups excluding carboxylic acids is 1. The Morgan fingerprint density at radius 1 is 1.12 bits per heavy atom. The summed E-state index contributed by atoms with van der Waals surface area (Å²) in [5, 5.41) is 1.79. The van der Waals surface area contributed by atoms with Gasteiger partial charge in [0.15, 0.2) is 0 Å². The number of aromatic amines is 1. The summed E-state index contributed by atoms with van der Waals surface area (Å²) < 4.78 is 4.91. The van der Waals surface area contributed by atoms with E-state index >= 15 is 0 Å². The smallest absolute Gasteiger partial charge is 0.367 e. The summed E-state index contributed by atoms with van der Waals surface area (Å²) in [6.07, 6.45) is 5.42. The molecule has 2 aromatic heterocycles. The van der Waals surface area contributed by atoms with Crippen molar-refractivity contribution in [2.45, 2.75) is 25.2 Å². The molecule has 5 nitrogen and oxygen atoms in total. The van der Waals surface area contributed by atoms with Crippen molar-refractivity contribution in [1.82, 2.24) is 14.9 Å². The normalized spacial score (nSPS) is 15.3. The van der Waals surface area contributed by atoms with Gasteiger partial charge >= 0.3 is 5.97 Å². The molecule has 6 heteroatoms. The molecule has 0 unspecified atom stereocenters. The maximum absolute atomic E-state index is 12.1. The highest BCUT2D eigenvalue weighted by Gasteiger charge is 2.24. The zero-order valence-corrected chi connectivity index (χ0v) is 19.0. The second-order valence-electron chi connectivity index (χ2n) is 8.30. The number of benzene rings is 2. The van der Waals surface area contributed by atoms with E-state index in [1.807, 2.05) is 30.3 Å². The molecule has 0 spiro atoms. The molecule has 5 rings (SSSR count). The monoisotopic (exact) mass is 445 g/mol. The lowest BCUT2D eigenvalue weighted by atomic mass is 9.89. The molecule has 0 amide bonds. The van der Waals surface area contributed by atoms with Crippen LogP contribution in [0.4, 0.5) is 0 Å². The van der Waals surface area contributed by atoms with Gasteiger partial charge in [0, 0.05) is 34.1 Å². The maximum atomic E-state index is 12.1. The minimum absolute atomic E-state index is 0.363. The van der Waals surface area contributed by atoms with Crippen LogP contribution in [-0.2, 0) is 11.2 Å². The SMILES string of the molecule is COC(=O)c1nc(-c2ccccc2)c(CCN2CCC(c3c[nH]c4ccccc34)CC2)s1. The molecule has 3 heterocycles. The number of carbonyl (C=O) groups is 1. The summed E-state index contributed by atoms with van der Waals surface area (Å²) in [5.74, 6) is 0.245. The molecular weight excluding hydrogens is 418 g/mol. The van der Waals surface area contributed by atoms with Crippen LogP contribution in [0, 0.1) is 0 Å². The largest absolute Gasteiger partial charge is 0.464 e. The topological polar surface area (TPSA) is 58.2 Å². The molecule has 2 aromatic carbocycles. The number of para-hydroxylation sites is 1. The Bertz CT molecular complexity index is 1210. The minimum atomic E-state index is -0.363. The third-order valence-electron chi connectivity index (χ3n) is 6.41. The summed E-state index contributed by atoms with van der Waals surface area (Å²) in [6.45, 7) is 3.16. The predicted octanol–water partition coefficient (Wildman–Crippen LogP) is 5.50. The number of H-pyrrole nitrogens is 1. The number of thiazole rings is 1. The molecule has 164 valence electrons. The van der Waals surface area contributed by atoms with Crippen molar-refractivity contribution in [1.29, 1.82) is 0 Å². The number of aromatic nitrogens is 2. The Hall–Kier alpha value is -2.96. The van der Waals surface area contributed by atoms with Gasteiger partial charge in [-0.15, -0.1) is 11.3 Å². The third-order valence-corrected chi connectivity index (χ3v) is 7.50. The van der Waals surface area contributed by atoms with Crippen LogP contribution in [0.15, 0.2) is 60.8 Å². The number of fused-ring (bicyclic) bond motifs is 1. The van der Waals surface area contributed by atoms with Crippen molar-refractivity contribution in [2.75, 3.05) is 26.7 Å². The van der Waals surface area contributed by atoms with Crippen molar-refractivity contribution in [2.24, 2.45) is 0 Å². The van der Waals surface area contributed by atoms with Crippen LogP contribution in [0.5, 0.6) is 0 Å². The molecule has 32 heavy (non-hydrogen) atoms. The number of hydrogen-bond acceptors (Lipinski definition) is 5. The molecule has 1 N–H and O–H groups in total. The van der Waals surface area contributed by atoms with Crippen LogP contribution in [0.1, 0.15) is 39.0 Å². The molecule has 0 radical (unpaired) electrons. The van der Waals surface area contributed by atoms with Gasteiger partial charge in [0.05, 0.1) is 12.8 Å². The molecule has 1 aliphatic heterocycles. The lowest BCUT2D eigenvalue weighted by Gasteiger charge is -2.31. The fourth-order valence-electron chi connectivity index (χ4n) is 4.68. The number of nitrogens with zero attached hydrogens (tertiary/aromatic N) is 2. The molecule has 0 bridgehead atoms. The summed E-state index contributed by atoms with van der Waals surface area (Å²) in [4.78, 5) is 23.8. The number of rotatable bonds is 6. The number of methoxy groups -OCH3 is 1. The van der Waals surface area contributed by atoms with Gasteiger partial charge in [0.25, 0.3) is 0 Å². The van der Waals surface area contributed by atoms with Gasteiger partial charge in [-0.05, 0) is 49.9 Å². The molecule has 0 aliphatic carbocycles. The highest BCUT2D eigenvalue weighted by molar-refractivity contribution is 7.14. The lowest BCUT2D eigenvalue weighted by molar-refractivity contribution is 0.0600. The van der Waals surface area contributed by atoms with Gasteiger partial charge in [-0.25, -0.2) is 9.78 Å². The Morgan fingerprint density at radius 2 is 1.88 bits per heavy atom. The quantitative estimate of drug-likeness (QED) is 0.398. The standard InChI is InChI=1S/C26H27N3O2S/c1-31-26(30)25-28-24(19-7-3-2-4-8-19)23(32-25)13-16-29-14-11-18(12-15-29)21-17-27-22-10-6-5-9-20(21)22/h2-10,17-18,27H,11-16H2,1H3. The number of piperidine rings is 1. The van der Waals surface area contributed by atoms with Crippen LogP contribution in [0.2, 0.25) is 0 Å². The van der Waals surface area contributed by atoms with Crippen molar-refractivity contribution in [3.63, 3.8) is 0 Å². The van der Waals surface area contributed by atoms with Crippen molar-refractivity contribution < 1.29 is 9.53 Å². The average molecular weight is 446 g/mol. The first-order valence-electron chi connectivity index (χ1n) is 11.1.